The molecule has 1 unspecified atom stereocenters. The van der Waals surface area contributed by atoms with Gasteiger partial charge < -0.3 is 28.8 Å². The number of benzene rings is 1. The molecule has 4 rings (SSSR count). The quantitative estimate of drug-likeness (QED) is 0.604. The highest BCUT2D eigenvalue weighted by Crippen LogP contribution is 2.31. The van der Waals surface area contributed by atoms with Crippen molar-refractivity contribution in [2.45, 2.75) is 37.3 Å². The Morgan fingerprint density at radius 3 is 2.64 bits per heavy atom. The van der Waals surface area contributed by atoms with Gasteiger partial charge in [-0.15, -0.1) is 0 Å². The van der Waals surface area contributed by atoms with Crippen LogP contribution in [0, 0.1) is 5.92 Å². The molecule has 0 bridgehead atoms. The van der Waals surface area contributed by atoms with Crippen LogP contribution in [-0.4, -0.2) is 69.0 Å². The standard InChI is InChI=1S/C21H26O7/c1-24-15-6-4-13(5-7-15)9-16(14-3-2-8-25-10-14)21(23)28-18-12-27-19-17(22)11-26-20(18)19/h4-7,9,14,17-20,22H,2-3,8,10-12H2,1H3/t14?,17-,18+,19-,20-/m1/s1. The first-order valence-electron chi connectivity index (χ1n) is 9.71. The molecule has 0 amide bonds. The summed E-state index contributed by atoms with van der Waals surface area (Å²) >= 11 is 0. The minimum absolute atomic E-state index is 0.0171. The first-order chi connectivity index (χ1) is 13.7. The van der Waals surface area contributed by atoms with Crippen molar-refractivity contribution in [3.05, 3.63) is 35.4 Å². The van der Waals surface area contributed by atoms with Gasteiger partial charge in [-0.25, -0.2) is 4.79 Å². The van der Waals surface area contributed by atoms with Gasteiger partial charge in [0.2, 0.25) is 0 Å². The van der Waals surface area contributed by atoms with E-state index in [1.165, 1.54) is 0 Å². The molecular weight excluding hydrogens is 364 g/mol. The fourth-order valence-electron chi connectivity index (χ4n) is 3.96. The summed E-state index contributed by atoms with van der Waals surface area (Å²) in [5.41, 5.74) is 1.48. The number of carbonyl (C=O) groups excluding carboxylic acids is 1. The maximum absolute atomic E-state index is 13.1. The van der Waals surface area contributed by atoms with Crippen molar-refractivity contribution in [1.29, 1.82) is 0 Å². The number of esters is 1. The number of carbonyl (C=O) groups is 1. The molecule has 3 aliphatic rings. The lowest BCUT2D eigenvalue weighted by molar-refractivity contribution is -0.150. The van der Waals surface area contributed by atoms with Crippen LogP contribution in [0.1, 0.15) is 18.4 Å². The summed E-state index contributed by atoms with van der Waals surface area (Å²) < 4.78 is 27.7. The molecule has 0 radical (unpaired) electrons. The van der Waals surface area contributed by atoms with Crippen LogP contribution < -0.4 is 4.74 Å². The largest absolute Gasteiger partial charge is 0.497 e. The average molecular weight is 390 g/mol. The molecule has 3 aliphatic heterocycles. The van der Waals surface area contributed by atoms with Gasteiger partial charge in [0, 0.05) is 18.1 Å². The van der Waals surface area contributed by atoms with E-state index < -0.39 is 24.4 Å². The van der Waals surface area contributed by atoms with Crippen molar-refractivity contribution in [2.75, 3.05) is 33.5 Å². The molecule has 7 nitrogen and oxygen atoms in total. The van der Waals surface area contributed by atoms with Crippen LogP contribution in [0.4, 0.5) is 0 Å². The molecule has 1 aromatic rings. The zero-order chi connectivity index (χ0) is 19.5. The van der Waals surface area contributed by atoms with Crippen LogP contribution in [0.2, 0.25) is 0 Å². The van der Waals surface area contributed by atoms with Crippen molar-refractivity contribution < 1.29 is 33.6 Å². The second-order valence-corrected chi connectivity index (χ2v) is 7.39. The number of aliphatic hydroxyl groups is 1. The summed E-state index contributed by atoms with van der Waals surface area (Å²) in [5.74, 6) is 0.357. The molecule has 3 saturated heterocycles. The summed E-state index contributed by atoms with van der Waals surface area (Å²) in [5, 5.41) is 9.87. The second kappa shape index (κ2) is 8.61. The lowest BCUT2D eigenvalue weighted by Gasteiger charge is -2.25. The Hall–Kier alpha value is -1.93. The number of aliphatic hydroxyl groups excluding tert-OH is 1. The van der Waals surface area contributed by atoms with Crippen LogP contribution in [0.15, 0.2) is 29.8 Å². The number of ether oxygens (including phenoxy) is 5. The van der Waals surface area contributed by atoms with Crippen molar-refractivity contribution in [1.82, 2.24) is 0 Å². The van der Waals surface area contributed by atoms with E-state index in [4.69, 9.17) is 23.7 Å². The van der Waals surface area contributed by atoms with Gasteiger partial charge in [-0.3, -0.25) is 0 Å². The first-order valence-corrected chi connectivity index (χ1v) is 9.71. The molecular formula is C21H26O7. The van der Waals surface area contributed by atoms with Gasteiger partial charge in [-0.1, -0.05) is 12.1 Å². The number of fused-ring (bicyclic) bond motifs is 1. The third-order valence-corrected chi connectivity index (χ3v) is 5.51. The van der Waals surface area contributed by atoms with Crippen LogP contribution in [0.25, 0.3) is 6.08 Å². The highest BCUT2D eigenvalue weighted by Gasteiger charge is 2.49. The lowest BCUT2D eigenvalue weighted by Crippen LogP contribution is -2.35. The summed E-state index contributed by atoms with van der Waals surface area (Å²) in [6.07, 6.45) is 1.62. The van der Waals surface area contributed by atoms with Crippen LogP contribution in [-0.2, 0) is 23.7 Å². The Kier molecular flexibility index (Phi) is 5.96. The Morgan fingerprint density at radius 2 is 1.93 bits per heavy atom. The Balaban J connectivity index is 1.52. The van der Waals surface area contributed by atoms with Gasteiger partial charge in [0.25, 0.3) is 0 Å². The van der Waals surface area contributed by atoms with E-state index in [1.807, 2.05) is 30.3 Å². The molecule has 7 heteroatoms. The van der Waals surface area contributed by atoms with Crippen LogP contribution in [0.5, 0.6) is 5.75 Å². The molecule has 0 aromatic heterocycles. The van der Waals surface area contributed by atoms with E-state index in [0.717, 1.165) is 24.2 Å². The fourth-order valence-corrected chi connectivity index (χ4v) is 3.96. The van der Waals surface area contributed by atoms with Crippen molar-refractivity contribution in [3.63, 3.8) is 0 Å². The van der Waals surface area contributed by atoms with E-state index in [1.54, 1.807) is 7.11 Å². The minimum atomic E-state index is -0.672. The topological polar surface area (TPSA) is 83.5 Å². The van der Waals surface area contributed by atoms with Crippen LogP contribution >= 0.6 is 0 Å². The fraction of sp³-hybridized carbons (Fsp3) is 0.571. The second-order valence-electron chi connectivity index (χ2n) is 7.39. The molecule has 0 aliphatic carbocycles. The SMILES string of the molecule is COc1ccc(C=C(C(=O)O[C@H]2CO[C@H]3[C@@H]2OC[C@H]3O)C2CCCOC2)cc1. The predicted molar refractivity (Wildman–Crippen MR) is 99.9 cm³/mol. The number of rotatable bonds is 5. The smallest absolute Gasteiger partial charge is 0.334 e. The van der Waals surface area contributed by atoms with Gasteiger partial charge in [0.1, 0.15) is 24.1 Å². The molecule has 1 aromatic carbocycles. The Morgan fingerprint density at radius 1 is 1.14 bits per heavy atom. The molecule has 3 fully saturated rings. The molecule has 5 atom stereocenters. The van der Waals surface area contributed by atoms with Gasteiger partial charge in [0.15, 0.2) is 6.10 Å². The maximum Gasteiger partial charge on any atom is 0.334 e. The van der Waals surface area contributed by atoms with Gasteiger partial charge in [-0.05, 0) is 36.6 Å². The number of hydrogen-bond donors (Lipinski definition) is 1. The van der Waals surface area contributed by atoms with E-state index in [0.29, 0.717) is 18.8 Å². The number of methoxy groups -OCH3 is 1. The zero-order valence-electron chi connectivity index (χ0n) is 15.9. The predicted octanol–water partition coefficient (Wildman–Crippen LogP) is 1.58. The lowest BCUT2D eigenvalue weighted by atomic mass is 9.91. The summed E-state index contributed by atoms with van der Waals surface area (Å²) in [7, 11) is 1.62. The Labute approximate surface area is 164 Å². The normalized spacial score (nSPS) is 32.8. The molecule has 152 valence electrons. The van der Waals surface area contributed by atoms with Crippen molar-refractivity contribution >= 4 is 12.0 Å². The monoisotopic (exact) mass is 390 g/mol. The van der Waals surface area contributed by atoms with E-state index in [9.17, 15) is 9.90 Å². The van der Waals surface area contributed by atoms with Crippen molar-refractivity contribution in [3.8, 4) is 5.75 Å². The zero-order valence-corrected chi connectivity index (χ0v) is 15.9. The summed E-state index contributed by atoms with van der Waals surface area (Å²) in [6, 6.07) is 7.52. The first kappa shape index (κ1) is 19.4. The van der Waals surface area contributed by atoms with E-state index in [2.05, 4.69) is 0 Å². The third kappa shape index (κ3) is 4.07. The number of hydrogen-bond acceptors (Lipinski definition) is 7. The molecule has 0 saturated carbocycles. The summed E-state index contributed by atoms with van der Waals surface area (Å²) in [6.45, 7) is 1.65. The minimum Gasteiger partial charge on any atom is -0.497 e. The molecule has 0 spiro atoms. The highest BCUT2D eigenvalue weighted by atomic mass is 16.6. The molecule has 1 N–H and O–H groups in total. The van der Waals surface area contributed by atoms with E-state index >= 15 is 0 Å². The Bertz CT molecular complexity index is 708. The maximum atomic E-state index is 13.1. The highest BCUT2D eigenvalue weighted by molar-refractivity contribution is 5.94. The van der Waals surface area contributed by atoms with Gasteiger partial charge in [-0.2, -0.15) is 0 Å². The van der Waals surface area contributed by atoms with Crippen LogP contribution in [0.3, 0.4) is 0 Å². The molecule has 3 heterocycles. The van der Waals surface area contributed by atoms with Crippen molar-refractivity contribution in [2.24, 2.45) is 5.92 Å². The average Bonchev–Trinajstić information content (AvgIpc) is 3.30. The van der Waals surface area contributed by atoms with Gasteiger partial charge >= 0.3 is 5.97 Å². The summed E-state index contributed by atoms with van der Waals surface area (Å²) in [4.78, 5) is 13.1. The van der Waals surface area contributed by atoms with E-state index in [-0.39, 0.29) is 25.1 Å². The third-order valence-electron chi connectivity index (χ3n) is 5.51. The molecule has 28 heavy (non-hydrogen) atoms. The van der Waals surface area contributed by atoms with Gasteiger partial charge in [0.05, 0.1) is 26.9 Å².